The highest BCUT2D eigenvalue weighted by Crippen LogP contribution is 2.18. The molecule has 18 heavy (non-hydrogen) atoms. The predicted octanol–water partition coefficient (Wildman–Crippen LogP) is 1.81. The molecule has 1 fully saturated rings. The summed E-state index contributed by atoms with van der Waals surface area (Å²) in [5.41, 5.74) is 5.75. The highest BCUT2D eigenvalue weighted by Gasteiger charge is 2.23. The van der Waals surface area contributed by atoms with E-state index in [-0.39, 0.29) is 31.0 Å². The van der Waals surface area contributed by atoms with Gasteiger partial charge in [-0.1, -0.05) is 22.0 Å². The molecule has 0 spiro atoms. The van der Waals surface area contributed by atoms with Gasteiger partial charge in [0.2, 0.25) is 0 Å². The van der Waals surface area contributed by atoms with Gasteiger partial charge in [-0.2, -0.15) is 0 Å². The maximum Gasteiger partial charge on any atom is 0.260 e. The number of carbonyl (C=O) groups is 1. The van der Waals surface area contributed by atoms with Crippen molar-refractivity contribution in [2.45, 2.75) is 12.5 Å². The number of hydrogen-bond donors (Lipinski definition) is 1. The van der Waals surface area contributed by atoms with Crippen molar-refractivity contribution in [2.75, 3.05) is 19.7 Å². The van der Waals surface area contributed by atoms with Crippen LogP contribution in [0.15, 0.2) is 28.7 Å². The van der Waals surface area contributed by atoms with Gasteiger partial charge in [-0.05, 0) is 24.6 Å². The molecule has 0 aliphatic carbocycles. The van der Waals surface area contributed by atoms with Crippen LogP contribution in [-0.4, -0.2) is 36.5 Å². The summed E-state index contributed by atoms with van der Waals surface area (Å²) >= 11 is 3.35. The monoisotopic (exact) mass is 334 g/mol. The van der Waals surface area contributed by atoms with Crippen molar-refractivity contribution < 1.29 is 9.53 Å². The van der Waals surface area contributed by atoms with Crippen LogP contribution < -0.4 is 10.5 Å². The smallest absolute Gasteiger partial charge is 0.260 e. The van der Waals surface area contributed by atoms with Crippen molar-refractivity contribution in [3.63, 3.8) is 0 Å². The lowest BCUT2D eigenvalue weighted by Gasteiger charge is -2.16. The molecule has 4 nitrogen and oxygen atoms in total. The number of halogens is 2. The summed E-state index contributed by atoms with van der Waals surface area (Å²) in [5, 5.41) is 0. The molecule has 0 bridgehead atoms. The van der Waals surface area contributed by atoms with E-state index in [4.69, 9.17) is 10.5 Å². The van der Waals surface area contributed by atoms with E-state index in [1.807, 2.05) is 24.3 Å². The number of nitrogens with zero attached hydrogens (tertiary/aromatic N) is 1. The van der Waals surface area contributed by atoms with E-state index < -0.39 is 0 Å². The van der Waals surface area contributed by atoms with Crippen molar-refractivity contribution in [2.24, 2.45) is 5.73 Å². The average Bonchev–Trinajstić information content (AvgIpc) is 2.73. The molecule has 0 saturated carbocycles. The number of nitrogens with two attached hydrogens (primary N) is 1. The second-order valence-corrected chi connectivity index (χ2v) is 5.05. The topological polar surface area (TPSA) is 55.6 Å². The van der Waals surface area contributed by atoms with Crippen LogP contribution in [0.1, 0.15) is 6.42 Å². The van der Waals surface area contributed by atoms with Crippen LogP contribution in [-0.2, 0) is 4.79 Å². The lowest BCUT2D eigenvalue weighted by Crippen LogP contribution is -2.35. The molecule has 1 amide bonds. The number of amides is 1. The summed E-state index contributed by atoms with van der Waals surface area (Å²) in [7, 11) is 0. The molecule has 1 aromatic rings. The standard InChI is InChI=1S/C12H15BrN2O2.ClH/c13-9-2-1-3-11(6-9)17-8-12(16)15-5-4-10(14)7-15;/h1-3,6,10H,4-5,7-8,14H2;1H/t10-;/m1./s1. The summed E-state index contributed by atoms with van der Waals surface area (Å²) in [6.45, 7) is 1.45. The second-order valence-electron chi connectivity index (χ2n) is 4.13. The lowest BCUT2D eigenvalue weighted by atomic mass is 10.3. The second kappa shape index (κ2) is 6.97. The Hall–Kier alpha value is -0.780. The van der Waals surface area contributed by atoms with Crippen molar-refractivity contribution in [1.29, 1.82) is 0 Å². The number of ether oxygens (including phenoxy) is 1. The van der Waals surface area contributed by atoms with Gasteiger partial charge in [-0.3, -0.25) is 4.79 Å². The zero-order chi connectivity index (χ0) is 12.3. The van der Waals surface area contributed by atoms with E-state index in [0.29, 0.717) is 12.3 Å². The average molecular weight is 336 g/mol. The van der Waals surface area contributed by atoms with Crippen LogP contribution in [0, 0.1) is 0 Å². The maximum absolute atomic E-state index is 11.8. The van der Waals surface area contributed by atoms with Crippen LogP contribution in [0.25, 0.3) is 0 Å². The SMILES string of the molecule is Cl.N[C@@H]1CCN(C(=O)COc2cccc(Br)c2)C1. The highest BCUT2D eigenvalue weighted by atomic mass is 79.9. The van der Waals surface area contributed by atoms with Gasteiger partial charge in [0, 0.05) is 23.6 Å². The van der Waals surface area contributed by atoms with Gasteiger partial charge < -0.3 is 15.4 Å². The molecule has 6 heteroatoms. The van der Waals surface area contributed by atoms with Gasteiger partial charge in [0.05, 0.1) is 0 Å². The lowest BCUT2D eigenvalue weighted by molar-refractivity contribution is -0.132. The van der Waals surface area contributed by atoms with E-state index >= 15 is 0 Å². The molecular weight excluding hydrogens is 320 g/mol. The number of likely N-dealkylation sites (tertiary alicyclic amines) is 1. The molecule has 0 radical (unpaired) electrons. The summed E-state index contributed by atoms with van der Waals surface area (Å²) in [4.78, 5) is 13.5. The molecule has 100 valence electrons. The Morgan fingerprint density at radius 3 is 2.94 bits per heavy atom. The fourth-order valence-electron chi connectivity index (χ4n) is 1.81. The molecule has 0 unspecified atom stereocenters. The van der Waals surface area contributed by atoms with Gasteiger partial charge in [0.25, 0.3) is 5.91 Å². The quantitative estimate of drug-likeness (QED) is 0.916. The fourth-order valence-corrected chi connectivity index (χ4v) is 2.19. The minimum absolute atomic E-state index is 0. The number of hydrogen-bond acceptors (Lipinski definition) is 3. The Morgan fingerprint density at radius 2 is 2.33 bits per heavy atom. The zero-order valence-corrected chi connectivity index (χ0v) is 12.2. The Labute approximate surface area is 121 Å². The molecule has 1 aliphatic rings. The van der Waals surface area contributed by atoms with E-state index in [1.54, 1.807) is 4.90 Å². The van der Waals surface area contributed by atoms with E-state index in [0.717, 1.165) is 17.4 Å². The maximum atomic E-state index is 11.8. The molecule has 2 N–H and O–H groups in total. The molecular formula is C12H16BrClN2O2. The molecule has 2 rings (SSSR count). The van der Waals surface area contributed by atoms with Gasteiger partial charge in [0.1, 0.15) is 5.75 Å². The zero-order valence-electron chi connectivity index (χ0n) is 9.84. The van der Waals surface area contributed by atoms with Gasteiger partial charge in [-0.15, -0.1) is 12.4 Å². The highest BCUT2D eigenvalue weighted by molar-refractivity contribution is 9.10. The van der Waals surface area contributed by atoms with Gasteiger partial charge in [-0.25, -0.2) is 0 Å². The molecule has 1 heterocycles. The van der Waals surface area contributed by atoms with Crippen molar-refractivity contribution in [3.05, 3.63) is 28.7 Å². The van der Waals surface area contributed by atoms with E-state index in [9.17, 15) is 4.79 Å². The summed E-state index contributed by atoms with van der Waals surface area (Å²) in [6, 6.07) is 7.56. The minimum atomic E-state index is -0.00192. The van der Waals surface area contributed by atoms with Crippen LogP contribution in [0.4, 0.5) is 0 Å². The van der Waals surface area contributed by atoms with Gasteiger partial charge in [0.15, 0.2) is 6.61 Å². The number of benzene rings is 1. The molecule has 1 aromatic carbocycles. The van der Waals surface area contributed by atoms with Crippen molar-refractivity contribution in [1.82, 2.24) is 4.90 Å². The van der Waals surface area contributed by atoms with Crippen molar-refractivity contribution >= 4 is 34.2 Å². The molecule has 0 aromatic heterocycles. The third-order valence-corrected chi connectivity index (χ3v) is 3.23. The first-order valence-corrected chi connectivity index (χ1v) is 6.36. The Kier molecular flexibility index (Phi) is 5.91. The van der Waals surface area contributed by atoms with Gasteiger partial charge >= 0.3 is 0 Å². The first-order valence-electron chi connectivity index (χ1n) is 5.57. The largest absolute Gasteiger partial charge is 0.484 e. The van der Waals surface area contributed by atoms with E-state index in [1.165, 1.54) is 0 Å². The molecule has 1 saturated heterocycles. The number of rotatable bonds is 3. The Balaban J connectivity index is 0.00000162. The van der Waals surface area contributed by atoms with E-state index in [2.05, 4.69) is 15.9 Å². The molecule has 1 aliphatic heterocycles. The third-order valence-electron chi connectivity index (χ3n) is 2.74. The molecule has 1 atom stereocenters. The van der Waals surface area contributed by atoms with Crippen LogP contribution >= 0.6 is 28.3 Å². The number of carbonyl (C=O) groups excluding carboxylic acids is 1. The van der Waals surface area contributed by atoms with Crippen LogP contribution in [0.5, 0.6) is 5.75 Å². The first kappa shape index (κ1) is 15.3. The Bertz CT molecular complexity index is 417. The van der Waals surface area contributed by atoms with Crippen LogP contribution in [0.3, 0.4) is 0 Å². The normalized spacial score (nSPS) is 18.3. The fraction of sp³-hybridized carbons (Fsp3) is 0.417. The predicted molar refractivity (Wildman–Crippen MR) is 76.1 cm³/mol. The van der Waals surface area contributed by atoms with Crippen LogP contribution in [0.2, 0.25) is 0 Å². The third kappa shape index (κ3) is 4.15. The van der Waals surface area contributed by atoms with Crippen molar-refractivity contribution in [3.8, 4) is 5.75 Å². The summed E-state index contributed by atoms with van der Waals surface area (Å²) < 4.78 is 6.37. The summed E-state index contributed by atoms with van der Waals surface area (Å²) in [5.74, 6) is 0.689. The summed E-state index contributed by atoms with van der Waals surface area (Å²) in [6.07, 6.45) is 0.878. The first-order chi connectivity index (χ1) is 8.15. The Morgan fingerprint density at radius 1 is 1.56 bits per heavy atom. The minimum Gasteiger partial charge on any atom is -0.484 e.